The highest BCUT2D eigenvalue weighted by atomic mass is 16.7. The van der Waals surface area contributed by atoms with Crippen LogP contribution in [-0.2, 0) is 28.5 Å². The van der Waals surface area contributed by atoms with E-state index in [-0.39, 0.29) is 63.3 Å². The average Bonchev–Trinajstić information content (AvgIpc) is 3.33. The minimum Gasteiger partial charge on any atom is -0.481 e. The number of esters is 1. The number of nitrogens with two attached hydrogens (primary N) is 4. The number of carbonyl (C=O) groups excluding carboxylic acids is 1. The van der Waals surface area contributed by atoms with E-state index < -0.39 is 153 Å². The molecule has 24 nitrogen and oxygen atoms in total. The second kappa shape index (κ2) is 33.5. The Morgan fingerprint density at radius 3 is 1.75 bits per heavy atom. The Morgan fingerprint density at radius 1 is 0.662 bits per heavy atom. The van der Waals surface area contributed by atoms with Crippen molar-refractivity contribution >= 4 is 23.9 Å². The standard InChI is InChI=1S/C53H87N7O17/c1-31-17-15-13-11-9-7-5-6-8-10-12-14-16-18-38(76-50-48(70)45(47(69)34(4)75-50)60(23-21-58-51(54)55)24-22-59-52(56)57)28-42-44(49(71)72)41(66)30-53(73,77-42)29-37(63)26-40(65)39(64)20-19-35(61)25-36(62)27-43(67)74-33(3)32(2)46(31)68/h5-18,31-42,44-48,50,61-66,68-70,73H,19-30H2,1-4H3,(H,71,72)(H4,54,55,58)(H4,56,57,59)/b6-5+,9-7+,10-8+,13-11+,14-12+,17-15+,18-16+/t31-,32-,33-,34+,35?,36?,37?,38?,39?,40?,41-,42?,44?,45-,46?,47?,48-,50-,53?/m0/s1. The van der Waals surface area contributed by atoms with Crippen molar-refractivity contribution in [3.05, 3.63) is 85.1 Å². The lowest BCUT2D eigenvalue weighted by Crippen LogP contribution is -2.64. The van der Waals surface area contributed by atoms with E-state index in [0.29, 0.717) is 0 Å². The maximum atomic E-state index is 12.8. The number of hydrogen-bond acceptors (Lipinski definition) is 19. The number of cyclic esters (lactones) is 1. The second-order valence-electron chi connectivity index (χ2n) is 20.1. The Hall–Kier alpha value is -4.90. The topological polar surface area (TPSA) is 426 Å². The Kier molecular flexibility index (Phi) is 28.9. The highest BCUT2D eigenvalue weighted by Gasteiger charge is 2.51. The normalized spacial score (nSPS) is 40.1. The van der Waals surface area contributed by atoms with Gasteiger partial charge in [0, 0.05) is 50.6 Å². The number of aliphatic carboxylic acids is 1. The van der Waals surface area contributed by atoms with Crippen LogP contribution < -0.4 is 22.9 Å². The number of carboxylic acids is 1. The summed E-state index contributed by atoms with van der Waals surface area (Å²) in [6.07, 6.45) is 2.31. The minimum atomic E-state index is -2.39. The van der Waals surface area contributed by atoms with Crippen molar-refractivity contribution in [1.82, 2.24) is 4.90 Å². The molecule has 0 aromatic heterocycles. The van der Waals surface area contributed by atoms with Gasteiger partial charge in [0.05, 0.1) is 92.7 Å². The van der Waals surface area contributed by atoms with E-state index in [1.54, 1.807) is 98.6 Å². The third-order valence-corrected chi connectivity index (χ3v) is 13.7. The first kappa shape index (κ1) is 66.4. The molecule has 3 rings (SSSR count). The first-order chi connectivity index (χ1) is 36.3. The van der Waals surface area contributed by atoms with Crippen LogP contribution in [-0.4, -0.2) is 209 Å². The summed E-state index contributed by atoms with van der Waals surface area (Å²) >= 11 is 0. The lowest BCUT2D eigenvalue weighted by atomic mass is 9.82. The number of rotatable bonds is 10. The van der Waals surface area contributed by atoms with Crippen LogP contribution in [0.2, 0.25) is 0 Å². The summed E-state index contributed by atoms with van der Waals surface area (Å²) < 4.78 is 23.9. The van der Waals surface area contributed by atoms with Gasteiger partial charge in [0.1, 0.15) is 18.1 Å². The zero-order valence-electron chi connectivity index (χ0n) is 44.5. The van der Waals surface area contributed by atoms with Crippen LogP contribution in [0, 0.1) is 17.8 Å². The summed E-state index contributed by atoms with van der Waals surface area (Å²) in [4.78, 5) is 35.2. The molecule has 2 fully saturated rings. The van der Waals surface area contributed by atoms with E-state index in [9.17, 15) is 65.8 Å². The lowest BCUT2D eigenvalue weighted by molar-refractivity contribution is -0.312. The predicted molar refractivity (Wildman–Crippen MR) is 286 cm³/mol. The smallest absolute Gasteiger partial charge is 0.311 e. The van der Waals surface area contributed by atoms with Crippen LogP contribution in [0.15, 0.2) is 95.0 Å². The number of ether oxygens (including phenoxy) is 4. The molecule has 3 heterocycles. The maximum Gasteiger partial charge on any atom is 0.311 e. The molecule has 77 heavy (non-hydrogen) atoms. The summed E-state index contributed by atoms with van der Waals surface area (Å²) in [6.45, 7) is 7.11. The molecule has 436 valence electrons. The fourth-order valence-electron chi connectivity index (χ4n) is 9.37. The van der Waals surface area contributed by atoms with Gasteiger partial charge in [0.25, 0.3) is 0 Å². The number of guanidine groups is 2. The average molecular weight is 1090 g/mol. The zero-order valence-corrected chi connectivity index (χ0v) is 44.5. The Labute approximate surface area is 450 Å². The molecule has 3 aliphatic rings. The summed E-state index contributed by atoms with van der Waals surface area (Å²) in [6, 6.07) is -1.08. The summed E-state index contributed by atoms with van der Waals surface area (Å²) in [5.41, 5.74) is 22.2. The van der Waals surface area contributed by atoms with E-state index in [1.165, 1.54) is 6.08 Å². The van der Waals surface area contributed by atoms with Crippen molar-refractivity contribution in [2.24, 2.45) is 50.7 Å². The van der Waals surface area contributed by atoms with Crippen molar-refractivity contribution in [1.29, 1.82) is 0 Å². The molecular weight excluding hydrogens is 1010 g/mol. The molecule has 0 radical (unpaired) electrons. The van der Waals surface area contributed by atoms with Crippen molar-refractivity contribution < 1.29 is 84.7 Å². The van der Waals surface area contributed by atoms with E-state index in [4.69, 9.17) is 41.9 Å². The fraction of sp³-hybridized carbons (Fsp3) is 0.660. The van der Waals surface area contributed by atoms with Gasteiger partial charge in [-0.05, 0) is 33.1 Å². The van der Waals surface area contributed by atoms with E-state index in [2.05, 4.69) is 9.98 Å². The first-order valence-corrected chi connectivity index (χ1v) is 26.1. The van der Waals surface area contributed by atoms with Crippen molar-refractivity contribution in [2.45, 2.75) is 177 Å². The number of allylic oxidation sites excluding steroid dienone is 12. The molecule has 0 aromatic carbocycles. The van der Waals surface area contributed by atoms with E-state index >= 15 is 0 Å². The maximum absolute atomic E-state index is 12.8. The zero-order chi connectivity index (χ0) is 57.4. The van der Waals surface area contributed by atoms with Gasteiger partial charge in [-0.2, -0.15) is 0 Å². The molecular formula is C53H87N7O17. The molecule has 2 saturated heterocycles. The first-order valence-electron chi connectivity index (χ1n) is 26.1. The number of carbonyl (C=O) groups is 2. The predicted octanol–water partition coefficient (Wildman–Crippen LogP) is -1.40. The molecule has 0 saturated carbocycles. The van der Waals surface area contributed by atoms with Crippen LogP contribution in [0.25, 0.3) is 0 Å². The highest BCUT2D eigenvalue weighted by molar-refractivity contribution is 5.76. The molecule has 3 aliphatic heterocycles. The lowest BCUT2D eigenvalue weighted by Gasteiger charge is -2.47. The third kappa shape index (κ3) is 23.5. The number of hydrogen-bond donors (Lipinski definition) is 15. The summed E-state index contributed by atoms with van der Waals surface area (Å²) in [5, 5.41) is 122. The molecule has 19 N–H and O–H groups in total. The van der Waals surface area contributed by atoms with Crippen molar-refractivity contribution in [2.75, 3.05) is 26.2 Å². The Balaban J connectivity index is 1.98. The number of aliphatic imine (C=N–C) groups is 2. The molecule has 19 atom stereocenters. The Bertz CT molecular complexity index is 2040. The molecule has 0 aliphatic carbocycles. The fourth-order valence-corrected chi connectivity index (χ4v) is 9.37. The van der Waals surface area contributed by atoms with Crippen LogP contribution in [0.3, 0.4) is 0 Å². The van der Waals surface area contributed by atoms with Gasteiger partial charge >= 0.3 is 11.9 Å². The quantitative estimate of drug-likeness (QED) is 0.0680. The molecule has 0 amide bonds. The van der Waals surface area contributed by atoms with Gasteiger partial charge in [-0.3, -0.25) is 24.5 Å². The van der Waals surface area contributed by atoms with Crippen molar-refractivity contribution in [3.63, 3.8) is 0 Å². The molecule has 24 heteroatoms. The van der Waals surface area contributed by atoms with Gasteiger partial charge in [0.15, 0.2) is 24.0 Å². The van der Waals surface area contributed by atoms with E-state index in [0.717, 1.165) is 0 Å². The molecule has 0 aromatic rings. The largest absolute Gasteiger partial charge is 0.481 e. The van der Waals surface area contributed by atoms with Gasteiger partial charge < -0.3 is 98.1 Å². The van der Waals surface area contributed by atoms with Crippen LogP contribution in [0.1, 0.15) is 79.1 Å². The molecule has 2 bridgehead atoms. The van der Waals surface area contributed by atoms with Gasteiger partial charge in [0.2, 0.25) is 0 Å². The van der Waals surface area contributed by atoms with Gasteiger partial charge in [-0.25, -0.2) is 0 Å². The molecule has 11 unspecified atom stereocenters. The minimum absolute atomic E-state index is 0.0623. The van der Waals surface area contributed by atoms with Gasteiger partial charge in [-0.1, -0.05) is 98.9 Å². The second-order valence-corrected chi connectivity index (χ2v) is 20.1. The summed E-state index contributed by atoms with van der Waals surface area (Å²) in [7, 11) is 0. The third-order valence-electron chi connectivity index (χ3n) is 13.7. The van der Waals surface area contributed by atoms with Gasteiger partial charge in [-0.15, -0.1) is 0 Å². The number of aliphatic hydroxyl groups is 10. The van der Waals surface area contributed by atoms with Crippen molar-refractivity contribution in [3.8, 4) is 0 Å². The monoisotopic (exact) mass is 1090 g/mol. The Morgan fingerprint density at radius 2 is 1.21 bits per heavy atom. The number of nitrogens with zero attached hydrogens (tertiary/aromatic N) is 3. The molecule has 0 spiro atoms. The van der Waals surface area contributed by atoms with Crippen LogP contribution >= 0.6 is 0 Å². The highest BCUT2D eigenvalue weighted by Crippen LogP contribution is 2.38. The summed E-state index contributed by atoms with van der Waals surface area (Å²) in [5.74, 6) is -7.41. The van der Waals surface area contributed by atoms with Crippen LogP contribution in [0.4, 0.5) is 0 Å². The SMILES string of the molecule is C[C@@H]1OC(=O)CC(O)CC(O)CCC(O)C(O)CC(O)CC2(O)C[C@H](O)C(C(=O)O)C(CC(O[C@@H]3O[C@H](C)C(O)[C@H](N(CCN=C(N)N)CCN=C(N)N)[C@@H]3O)/C=C/C=C/C=C/C=C/C=C/C=C/C=C/[C@H](C)C(O)[C@H]1C)O2. The number of aliphatic hydroxyl groups excluding tert-OH is 9. The van der Waals surface area contributed by atoms with Crippen LogP contribution in [0.5, 0.6) is 0 Å². The number of fused-ring (bicyclic) bond motifs is 2. The number of carboxylic acid groups (broad SMARTS) is 1. The van der Waals surface area contributed by atoms with E-state index in [1.807, 2.05) is 13.0 Å².